The topological polar surface area (TPSA) is 79.0 Å². The molecule has 1 aliphatic carbocycles. The van der Waals surface area contributed by atoms with Crippen LogP contribution in [0.5, 0.6) is 5.88 Å². The number of nitrogens with zero attached hydrogens (tertiary/aromatic N) is 1. The second kappa shape index (κ2) is 6.70. The van der Waals surface area contributed by atoms with Crippen molar-refractivity contribution < 1.29 is 13.9 Å². The lowest BCUT2D eigenvalue weighted by Crippen LogP contribution is -2.20. The molecule has 3 aromatic rings. The average molecular weight is 416 g/mol. The van der Waals surface area contributed by atoms with Crippen LogP contribution in [0.15, 0.2) is 30.5 Å². The van der Waals surface area contributed by atoms with Gasteiger partial charge in [-0.15, -0.1) is 0 Å². The summed E-state index contributed by atoms with van der Waals surface area (Å²) < 4.78 is 20.6. The third-order valence-corrected chi connectivity index (χ3v) is 6.17. The van der Waals surface area contributed by atoms with E-state index < -0.39 is 5.82 Å². The quantitative estimate of drug-likeness (QED) is 0.541. The van der Waals surface area contributed by atoms with Gasteiger partial charge in [-0.2, -0.15) is 0 Å². The molecule has 6 rings (SSSR count). The van der Waals surface area contributed by atoms with Crippen LogP contribution in [0.1, 0.15) is 41.3 Å². The summed E-state index contributed by atoms with van der Waals surface area (Å²) in [7, 11) is 0. The monoisotopic (exact) mass is 416 g/mol. The Labute approximate surface area is 178 Å². The van der Waals surface area contributed by atoms with Gasteiger partial charge < -0.3 is 20.4 Å². The number of aromatic nitrogens is 2. The zero-order valence-corrected chi connectivity index (χ0v) is 17.0. The van der Waals surface area contributed by atoms with Gasteiger partial charge in [-0.05, 0) is 67.2 Å². The van der Waals surface area contributed by atoms with Crippen molar-refractivity contribution in [2.24, 2.45) is 0 Å². The maximum Gasteiger partial charge on any atom is 0.256 e. The molecule has 156 valence electrons. The number of hydrogen-bond acceptors (Lipinski definition) is 4. The predicted molar refractivity (Wildman–Crippen MR) is 118 cm³/mol. The van der Waals surface area contributed by atoms with Crippen molar-refractivity contribution in [2.75, 3.05) is 23.8 Å². The molecule has 31 heavy (non-hydrogen) atoms. The summed E-state index contributed by atoms with van der Waals surface area (Å²) >= 11 is 0. The highest BCUT2D eigenvalue weighted by Crippen LogP contribution is 2.42. The summed E-state index contributed by atoms with van der Waals surface area (Å²) in [5.74, 6) is 0.391. The Hall–Kier alpha value is -3.61. The van der Waals surface area contributed by atoms with Crippen molar-refractivity contribution in [3.63, 3.8) is 0 Å². The fourth-order valence-electron chi connectivity index (χ4n) is 4.36. The standard InChI is InChI=1S/C24H21FN4O2/c1-12-18(11-27-24-21(12)26-6-7-31-24)14-8-16-17(23(30)29-22(16)19(25)9-14)10-15-4-5-20(28-15)13-2-3-13/h4-5,8-11,13,26,28H,2-3,6-7H2,1H3,(H,29,30)/b17-10-. The van der Waals surface area contributed by atoms with Crippen LogP contribution in [0.25, 0.3) is 22.8 Å². The molecule has 3 aliphatic rings. The number of carbonyl (C=O) groups is 1. The number of aromatic amines is 1. The summed E-state index contributed by atoms with van der Waals surface area (Å²) in [6, 6.07) is 7.33. The van der Waals surface area contributed by atoms with Crippen LogP contribution in [-0.4, -0.2) is 29.0 Å². The molecule has 1 fully saturated rings. The van der Waals surface area contributed by atoms with Crippen LogP contribution >= 0.6 is 0 Å². The summed E-state index contributed by atoms with van der Waals surface area (Å²) in [5.41, 5.74) is 6.50. The summed E-state index contributed by atoms with van der Waals surface area (Å²) in [4.78, 5) is 20.4. The van der Waals surface area contributed by atoms with Gasteiger partial charge in [0.25, 0.3) is 5.91 Å². The number of H-pyrrole nitrogens is 1. The molecular weight excluding hydrogens is 395 g/mol. The fraction of sp³-hybridized carbons (Fsp3) is 0.250. The normalized spacial score (nSPS) is 18.3. The number of pyridine rings is 1. The SMILES string of the molecule is Cc1c(-c2cc(F)c3c(c2)/C(=C/c2ccc(C4CC4)[nH]2)C(=O)N3)cnc2c1NCCO2. The van der Waals surface area contributed by atoms with Crippen molar-refractivity contribution in [3.8, 4) is 17.0 Å². The molecule has 7 heteroatoms. The third-order valence-electron chi connectivity index (χ3n) is 6.17. The average Bonchev–Trinajstić information content (AvgIpc) is 3.44. The first-order valence-corrected chi connectivity index (χ1v) is 10.5. The zero-order chi connectivity index (χ0) is 21.1. The number of ether oxygens (including phenoxy) is 1. The van der Waals surface area contributed by atoms with E-state index in [0.717, 1.165) is 22.5 Å². The molecule has 0 radical (unpaired) electrons. The Bertz CT molecular complexity index is 1270. The van der Waals surface area contributed by atoms with Crippen LogP contribution in [0.2, 0.25) is 0 Å². The molecule has 1 saturated carbocycles. The second-order valence-corrected chi connectivity index (χ2v) is 8.29. The first-order chi connectivity index (χ1) is 15.1. The van der Waals surface area contributed by atoms with Gasteiger partial charge in [-0.3, -0.25) is 4.79 Å². The molecule has 3 N–H and O–H groups in total. The van der Waals surface area contributed by atoms with E-state index in [0.29, 0.717) is 41.6 Å². The molecule has 4 heterocycles. The Morgan fingerprint density at radius 3 is 2.90 bits per heavy atom. The number of fused-ring (bicyclic) bond motifs is 2. The van der Waals surface area contributed by atoms with Crippen LogP contribution in [0.3, 0.4) is 0 Å². The number of hydrogen-bond donors (Lipinski definition) is 3. The molecule has 2 aromatic heterocycles. The number of carbonyl (C=O) groups excluding carboxylic acids is 1. The summed E-state index contributed by atoms with van der Waals surface area (Å²) in [5, 5.41) is 5.99. The Morgan fingerprint density at radius 2 is 2.06 bits per heavy atom. The van der Waals surface area contributed by atoms with Crippen LogP contribution in [-0.2, 0) is 4.79 Å². The highest BCUT2D eigenvalue weighted by atomic mass is 19.1. The van der Waals surface area contributed by atoms with Gasteiger partial charge in [-0.25, -0.2) is 9.37 Å². The van der Waals surface area contributed by atoms with E-state index in [-0.39, 0.29) is 11.6 Å². The van der Waals surface area contributed by atoms with Gasteiger partial charge in [0.05, 0.1) is 11.3 Å². The molecule has 0 atom stereocenters. The van der Waals surface area contributed by atoms with E-state index in [9.17, 15) is 4.79 Å². The number of nitrogens with one attached hydrogen (secondary N) is 3. The molecule has 0 bridgehead atoms. The minimum absolute atomic E-state index is 0.221. The lowest BCUT2D eigenvalue weighted by molar-refractivity contribution is -0.110. The van der Waals surface area contributed by atoms with Crippen molar-refractivity contribution >= 4 is 28.9 Å². The lowest BCUT2D eigenvalue weighted by Gasteiger charge is -2.21. The van der Waals surface area contributed by atoms with Crippen LogP contribution in [0.4, 0.5) is 15.8 Å². The molecular formula is C24H21FN4O2. The molecule has 1 amide bonds. The minimum Gasteiger partial charge on any atom is -0.474 e. The number of rotatable bonds is 3. The van der Waals surface area contributed by atoms with E-state index in [2.05, 4.69) is 26.7 Å². The lowest BCUT2D eigenvalue weighted by atomic mass is 9.96. The van der Waals surface area contributed by atoms with Gasteiger partial charge in [0.1, 0.15) is 18.1 Å². The zero-order valence-electron chi connectivity index (χ0n) is 17.0. The third kappa shape index (κ3) is 3.00. The molecule has 1 aromatic carbocycles. The van der Waals surface area contributed by atoms with E-state index in [4.69, 9.17) is 4.74 Å². The Morgan fingerprint density at radius 1 is 1.19 bits per heavy atom. The first-order valence-electron chi connectivity index (χ1n) is 10.5. The highest BCUT2D eigenvalue weighted by molar-refractivity contribution is 6.35. The van der Waals surface area contributed by atoms with Gasteiger partial charge in [0.15, 0.2) is 0 Å². The molecule has 0 unspecified atom stereocenters. The van der Waals surface area contributed by atoms with Crippen molar-refractivity contribution in [3.05, 3.63) is 58.8 Å². The highest BCUT2D eigenvalue weighted by Gasteiger charge is 2.29. The van der Waals surface area contributed by atoms with Crippen LogP contribution in [0, 0.1) is 12.7 Å². The van der Waals surface area contributed by atoms with Gasteiger partial charge >= 0.3 is 0 Å². The largest absolute Gasteiger partial charge is 0.474 e. The van der Waals surface area contributed by atoms with Gasteiger partial charge in [-0.1, -0.05) is 0 Å². The van der Waals surface area contributed by atoms with E-state index >= 15 is 4.39 Å². The minimum atomic E-state index is -0.462. The van der Waals surface area contributed by atoms with Crippen molar-refractivity contribution in [1.82, 2.24) is 9.97 Å². The van der Waals surface area contributed by atoms with Crippen LogP contribution < -0.4 is 15.4 Å². The second-order valence-electron chi connectivity index (χ2n) is 8.29. The maximum absolute atomic E-state index is 15.0. The first kappa shape index (κ1) is 18.2. The number of amides is 1. The summed E-state index contributed by atoms with van der Waals surface area (Å²) in [6.45, 7) is 3.22. The van der Waals surface area contributed by atoms with Crippen molar-refractivity contribution in [1.29, 1.82) is 0 Å². The number of benzene rings is 1. The van der Waals surface area contributed by atoms with E-state index in [1.807, 2.05) is 19.1 Å². The smallest absolute Gasteiger partial charge is 0.256 e. The number of anilines is 2. The van der Waals surface area contributed by atoms with E-state index in [1.54, 1.807) is 12.3 Å². The van der Waals surface area contributed by atoms with Crippen molar-refractivity contribution in [2.45, 2.75) is 25.7 Å². The molecule has 6 nitrogen and oxygen atoms in total. The maximum atomic E-state index is 15.0. The van der Waals surface area contributed by atoms with E-state index in [1.165, 1.54) is 24.6 Å². The predicted octanol–water partition coefficient (Wildman–Crippen LogP) is 4.70. The fourth-order valence-corrected chi connectivity index (χ4v) is 4.36. The Kier molecular flexibility index (Phi) is 3.93. The van der Waals surface area contributed by atoms with Gasteiger partial charge in [0.2, 0.25) is 5.88 Å². The molecule has 0 spiro atoms. The molecule has 2 aliphatic heterocycles. The number of halogens is 1. The Balaban J connectivity index is 1.44. The van der Waals surface area contributed by atoms with Gasteiger partial charge in [0, 0.05) is 35.3 Å². The summed E-state index contributed by atoms with van der Waals surface area (Å²) in [6.07, 6.45) is 5.89. The molecule has 0 saturated heterocycles.